The zero-order chi connectivity index (χ0) is 9.30. The standard InChI is InChI=1S/C7H4BrFO3/c8-4-1-3(10)2-5(9)6(4)7(11)12/h1-2,10H,(H,11,12). The Balaban J connectivity index is 3.38. The van der Waals surface area contributed by atoms with Crippen molar-refractivity contribution < 1.29 is 19.4 Å². The van der Waals surface area contributed by atoms with E-state index in [4.69, 9.17) is 10.2 Å². The van der Waals surface area contributed by atoms with Crippen LogP contribution in [0.2, 0.25) is 0 Å². The number of aromatic hydroxyl groups is 1. The highest BCUT2D eigenvalue weighted by Gasteiger charge is 2.15. The predicted molar refractivity (Wildman–Crippen MR) is 42.7 cm³/mol. The van der Waals surface area contributed by atoms with Crippen LogP contribution >= 0.6 is 15.9 Å². The lowest BCUT2D eigenvalue weighted by molar-refractivity contribution is 0.0691. The average Bonchev–Trinajstić information content (AvgIpc) is 1.82. The highest BCUT2D eigenvalue weighted by Crippen LogP contribution is 2.25. The number of rotatable bonds is 1. The van der Waals surface area contributed by atoms with Gasteiger partial charge in [-0.1, -0.05) is 0 Å². The van der Waals surface area contributed by atoms with Gasteiger partial charge in [0.15, 0.2) is 0 Å². The van der Waals surface area contributed by atoms with Crippen LogP contribution in [0.5, 0.6) is 5.75 Å². The van der Waals surface area contributed by atoms with Gasteiger partial charge in [-0.15, -0.1) is 0 Å². The number of carbonyl (C=O) groups is 1. The fourth-order valence-corrected chi connectivity index (χ4v) is 1.36. The summed E-state index contributed by atoms with van der Waals surface area (Å²) in [6.07, 6.45) is 0. The van der Waals surface area contributed by atoms with Crippen LogP contribution in [0.4, 0.5) is 4.39 Å². The quantitative estimate of drug-likeness (QED) is 0.782. The van der Waals surface area contributed by atoms with Crippen LogP contribution in [0, 0.1) is 5.82 Å². The maximum absolute atomic E-state index is 12.8. The van der Waals surface area contributed by atoms with Crippen molar-refractivity contribution in [3.63, 3.8) is 0 Å². The van der Waals surface area contributed by atoms with Crippen molar-refractivity contribution in [2.45, 2.75) is 0 Å². The normalized spacial score (nSPS) is 9.83. The Morgan fingerprint density at radius 2 is 2.08 bits per heavy atom. The largest absolute Gasteiger partial charge is 0.508 e. The molecule has 0 bridgehead atoms. The summed E-state index contributed by atoms with van der Waals surface area (Å²) >= 11 is 2.82. The molecule has 0 spiro atoms. The van der Waals surface area contributed by atoms with Crippen LogP contribution in [-0.4, -0.2) is 16.2 Å². The van der Waals surface area contributed by atoms with Crippen molar-refractivity contribution >= 4 is 21.9 Å². The SMILES string of the molecule is O=C(O)c1c(F)cc(O)cc1Br. The summed E-state index contributed by atoms with van der Waals surface area (Å²) in [6, 6.07) is 1.86. The molecule has 5 heteroatoms. The van der Waals surface area contributed by atoms with Gasteiger partial charge in [-0.25, -0.2) is 9.18 Å². The topological polar surface area (TPSA) is 57.5 Å². The zero-order valence-electron chi connectivity index (χ0n) is 5.71. The van der Waals surface area contributed by atoms with Crippen molar-refractivity contribution in [1.29, 1.82) is 0 Å². The Morgan fingerprint density at radius 3 is 2.50 bits per heavy atom. The second-order valence-electron chi connectivity index (χ2n) is 2.09. The van der Waals surface area contributed by atoms with Crippen LogP contribution in [0.1, 0.15) is 10.4 Å². The Labute approximate surface area is 75.6 Å². The lowest BCUT2D eigenvalue weighted by Crippen LogP contribution is -2.01. The van der Waals surface area contributed by atoms with Crippen LogP contribution in [0.15, 0.2) is 16.6 Å². The molecular weight excluding hydrogens is 231 g/mol. The van der Waals surface area contributed by atoms with E-state index in [1.165, 1.54) is 0 Å². The number of halogens is 2. The molecule has 1 rings (SSSR count). The molecule has 2 N–H and O–H groups in total. The monoisotopic (exact) mass is 234 g/mol. The van der Waals surface area contributed by atoms with E-state index in [1.807, 2.05) is 0 Å². The van der Waals surface area contributed by atoms with Gasteiger partial charge in [0.2, 0.25) is 0 Å². The molecule has 0 aliphatic rings. The highest BCUT2D eigenvalue weighted by molar-refractivity contribution is 9.10. The molecule has 0 unspecified atom stereocenters. The second kappa shape index (κ2) is 3.10. The summed E-state index contributed by atoms with van der Waals surface area (Å²) in [4.78, 5) is 10.4. The molecule has 0 heterocycles. The lowest BCUT2D eigenvalue weighted by Gasteiger charge is -2.00. The zero-order valence-corrected chi connectivity index (χ0v) is 7.30. The van der Waals surface area contributed by atoms with Crippen molar-refractivity contribution in [3.8, 4) is 5.75 Å². The van der Waals surface area contributed by atoms with Crippen LogP contribution < -0.4 is 0 Å². The molecule has 64 valence electrons. The molecule has 12 heavy (non-hydrogen) atoms. The summed E-state index contributed by atoms with van der Waals surface area (Å²) in [6.45, 7) is 0. The Morgan fingerprint density at radius 1 is 1.50 bits per heavy atom. The fourth-order valence-electron chi connectivity index (χ4n) is 0.764. The molecule has 0 aromatic heterocycles. The molecule has 0 radical (unpaired) electrons. The third-order valence-electron chi connectivity index (χ3n) is 1.24. The molecule has 0 fully saturated rings. The van der Waals surface area contributed by atoms with E-state index in [0.29, 0.717) is 0 Å². The number of carboxylic acids is 1. The van der Waals surface area contributed by atoms with Crippen molar-refractivity contribution in [1.82, 2.24) is 0 Å². The second-order valence-corrected chi connectivity index (χ2v) is 2.94. The number of hydrogen-bond acceptors (Lipinski definition) is 2. The maximum atomic E-state index is 12.8. The third-order valence-corrected chi connectivity index (χ3v) is 1.87. The van der Waals surface area contributed by atoms with E-state index in [9.17, 15) is 9.18 Å². The number of phenolic OH excluding ortho intramolecular Hbond substituents is 1. The molecule has 0 aliphatic carbocycles. The van der Waals surface area contributed by atoms with Gasteiger partial charge >= 0.3 is 5.97 Å². The van der Waals surface area contributed by atoms with Gasteiger partial charge in [-0.3, -0.25) is 0 Å². The summed E-state index contributed by atoms with van der Waals surface area (Å²) in [5.41, 5.74) is -0.479. The van der Waals surface area contributed by atoms with E-state index >= 15 is 0 Å². The number of carboxylic acid groups (broad SMARTS) is 1. The molecule has 0 aliphatic heterocycles. The molecule has 0 atom stereocenters. The average molecular weight is 235 g/mol. The minimum absolute atomic E-state index is 0.0208. The molecule has 1 aromatic rings. The van der Waals surface area contributed by atoms with Gasteiger partial charge in [-0.2, -0.15) is 0 Å². The van der Waals surface area contributed by atoms with Crippen LogP contribution in [0.3, 0.4) is 0 Å². The van der Waals surface area contributed by atoms with Crippen molar-refractivity contribution in [2.75, 3.05) is 0 Å². The molecule has 0 saturated heterocycles. The first kappa shape index (κ1) is 8.99. The first-order chi connectivity index (χ1) is 5.52. The predicted octanol–water partition coefficient (Wildman–Crippen LogP) is 1.99. The third kappa shape index (κ3) is 1.55. The van der Waals surface area contributed by atoms with Crippen molar-refractivity contribution in [2.24, 2.45) is 0 Å². The van der Waals surface area contributed by atoms with Gasteiger partial charge in [0.05, 0.1) is 0 Å². The molecule has 3 nitrogen and oxygen atoms in total. The first-order valence-corrected chi connectivity index (χ1v) is 3.73. The lowest BCUT2D eigenvalue weighted by atomic mass is 10.2. The van der Waals surface area contributed by atoms with Gasteiger partial charge in [-0.05, 0) is 22.0 Å². The van der Waals surface area contributed by atoms with Crippen LogP contribution in [-0.2, 0) is 0 Å². The van der Waals surface area contributed by atoms with Crippen molar-refractivity contribution in [3.05, 3.63) is 28.0 Å². The van der Waals surface area contributed by atoms with Crippen LogP contribution in [0.25, 0.3) is 0 Å². The van der Waals surface area contributed by atoms with E-state index in [-0.39, 0.29) is 10.2 Å². The number of phenols is 1. The smallest absolute Gasteiger partial charge is 0.339 e. The summed E-state index contributed by atoms with van der Waals surface area (Å²) in [5, 5.41) is 17.3. The summed E-state index contributed by atoms with van der Waals surface area (Å²) in [5.74, 6) is -2.65. The number of benzene rings is 1. The number of hydrogen-bond donors (Lipinski definition) is 2. The van der Waals surface area contributed by atoms with E-state index in [0.717, 1.165) is 12.1 Å². The number of aromatic carboxylic acids is 1. The van der Waals surface area contributed by atoms with E-state index in [2.05, 4.69) is 15.9 Å². The Kier molecular flexibility index (Phi) is 2.32. The van der Waals surface area contributed by atoms with Gasteiger partial charge in [0, 0.05) is 10.5 Å². The van der Waals surface area contributed by atoms with Gasteiger partial charge in [0.1, 0.15) is 17.1 Å². The van der Waals surface area contributed by atoms with E-state index in [1.54, 1.807) is 0 Å². The highest BCUT2D eigenvalue weighted by atomic mass is 79.9. The van der Waals surface area contributed by atoms with Gasteiger partial charge in [0.25, 0.3) is 0 Å². The molecular formula is C7H4BrFO3. The Hall–Kier alpha value is -1.10. The molecule has 0 amide bonds. The maximum Gasteiger partial charge on any atom is 0.339 e. The summed E-state index contributed by atoms with van der Waals surface area (Å²) in [7, 11) is 0. The first-order valence-electron chi connectivity index (χ1n) is 2.93. The minimum atomic E-state index is -1.38. The molecule has 1 aromatic carbocycles. The fraction of sp³-hybridized carbons (Fsp3) is 0. The minimum Gasteiger partial charge on any atom is -0.508 e. The molecule has 0 saturated carbocycles. The Bertz CT molecular complexity index is 314. The van der Waals surface area contributed by atoms with Gasteiger partial charge < -0.3 is 10.2 Å². The summed E-state index contributed by atoms with van der Waals surface area (Å²) < 4.78 is 12.8. The van der Waals surface area contributed by atoms with E-state index < -0.39 is 17.3 Å².